The summed E-state index contributed by atoms with van der Waals surface area (Å²) in [7, 11) is 0. The van der Waals surface area contributed by atoms with Gasteiger partial charge in [-0.3, -0.25) is 9.79 Å². The van der Waals surface area contributed by atoms with Gasteiger partial charge >= 0.3 is 0 Å². The van der Waals surface area contributed by atoms with E-state index in [0.717, 1.165) is 40.8 Å². The van der Waals surface area contributed by atoms with E-state index in [4.69, 9.17) is 27.3 Å². The first-order valence-electron chi connectivity index (χ1n) is 13.5. The van der Waals surface area contributed by atoms with Crippen LogP contribution in [-0.2, 0) is 6.54 Å². The van der Waals surface area contributed by atoms with E-state index in [0.29, 0.717) is 47.3 Å². The Labute approximate surface area is 237 Å². The van der Waals surface area contributed by atoms with Crippen molar-refractivity contribution < 1.29 is 9.18 Å². The van der Waals surface area contributed by atoms with Gasteiger partial charge in [-0.15, -0.1) is 0 Å². The minimum absolute atomic E-state index is 0.0355. The van der Waals surface area contributed by atoms with Gasteiger partial charge in [0.1, 0.15) is 11.6 Å². The van der Waals surface area contributed by atoms with Gasteiger partial charge in [-0.25, -0.2) is 14.4 Å². The molecule has 2 aliphatic rings. The highest BCUT2D eigenvalue weighted by molar-refractivity contribution is 6.31. The van der Waals surface area contributed by atoms with Crippen LogP contribution in [0.5, 0.6) is 0 Å². The molecule has 1 amide bonds. The zero-order valence-electron chi connectivity index (χ0n) is 22.1. The van der Waals surface area contributed by atoms with Crippen LogP contribution in [0.15, 0.2) is 77.9 Å². The molecule has 1 fully saturated rings. The van der Waals surface area contributed by atoms with Gasteiger partial charge in [-0.2, -0.15) is 0 Å². The number of nitrogens with two attached hydrogens (primary N) is 1. The average molecular weight is 554 g/mol. The van der Waals surface area contributed by atoms with Crippen LogP contribution >= 0.6 is 11.6 Å². The molecule has 2 aliphatic heterocycles. The number of benzene rings is 3. The van der Waals surface area contributed by atoms with Crippen LogP contribution in [0.2, 0.25) is 5.02 Å². The number of amides is 1. The third kappa shape index (κ3) is 5.03. The maximum Gasteiger partial charge on any atom is 0.253 e. The van der Waals surface area contributed by atoms with Crippen molar-refractivity contribution in [3.05, 3.63) is 117 Å². The molecule has 40 heavy (non-hydrogen) atoms. The Morgan fingerprint density at radius 3 is 2.52 bits per heavy atom. The third-order valence-electron chi connectivity index (χ3n) is 7.78. The molecule has 0 radical (unpaired) electrons. The van der Waals surface area contributed by atoms with Gasteiger partial charge < -0.3 is 10.6 Å². The van der Waals surface area contributed by atoms with Gasteiger partial charge in [0.05, 0.1) is 18.0 Å². The number of rotatable bonds is 4. The smallest absolute Gasteiger partial charge is 0.253 e. The summed E-state index contributed by atoms with van der Waals surface area (Å²) in [6, 6.07) is 20.0. The van der Waals surface area contributed by atoms with Crippen molar-refractivity contribution in [2.24, 2.45) is 10.7 Å². The minimum Gasteiger partial charge on any atom is -0.339 e. The van der Waals surface area contributed by atoms with E-state index in [1.165, 1.54) is 6.07 Å². The molecule has 3 aromatic carbocycles. The van der Waals surface area contributed by atoms with Crippen LogP contribution < -0.4 is 5.73 Å². The lowest BCUT2D eigenvalue weighted by Crippen LogP contribution is -2.42. The van der Waals surface area contributed by atoms with Gasteiger partial charge in [0, 0.05) is 64.1 Å². The lowest BCUT2D eigenvalue weighted by molar-refractivity contribution is 0.0714. The Morgan fingerprint density at radius 1 is 1.02 bits per heavy atom. The predicted molar refractivity (Wildman–Crippen MR) is 155 cm³/mol. The number of fused-ring (bicyclic) bond motifs is 3. The van der Waals surface area contributed by atoms with Crippen LogP contribution in [0.4, 0.5) is 4.39 Å². The number of nitrogens with zero attached hydrogens (tertiary/aromatic N) is 4. The van der Waals surface area contributed by atoms with Crippen molar-refractivity contribution in [2.45, 2.75) is 38.3 Å². The zero-order chi connectivity index (χ0) is 27.8. The molecule has 1 atom stereocenters. The summed E-state index contributed by atoms with van der Waals surface area (Å²) in [6.45, 7) is 3.75. The van der Waals surface area contributed by atoms with E-state index in [9.17, 15) is 9.18 Å². The largest absolute Gasteiger partial charge is 0.339 e. The second-order valence-corrected chi connectivity index (χ2v) is 10.8. The first-order valence-corrected chi connectivity index (χ1v) is 13.9. The fourth-order valence-corrected chi connectivity index (χ4v) is 5.55. The minimum atomic E-state index is -0.343. The molecule has 0 bridgehead atoms. The van der Waals surface area contributed by atoms with Crippen molar-refractivity contribution in [3.8, 4) is 11.3 Å². The lowest BCUT2D eigenvalue weighted by atomic mass is 9.94. The van der Waals surface area contributed by atoms with E-state index < -0.39 is 0 Å². The first kappa shape index (κ1) is 26.3. The average Bonchev–Trinajstić information content (AvgIpc) is 3.13. The highest BCUT2D eigenvalue weighted by Crippen LogP contribution is 2.35. The lowest BCUT2D eigenvalue weighted by Gasteiger charge is -2.30. The van der Waals surface area contributed by atoms with Gasteiger partial charge in [0.25, 0.3) is 5.91 Å². The van der Waals surface area contributed by atoms with E-state index >= 15 is 0 Å². The Kier molecular flexibility index (Phi) is 7.17. The number of hydrogen-bond acceptors (Lipinski definition) is 5. The Hall–Kier alpha value is -3.94. The third-order valence-corrected chi connectivity index (χ3v) is 8.02. The highest BCUT2D eigenvalue weighted by atomic mass is 35.5. The zero-order valence-corrected chi connectivity index (χ0v) is 22.9. The Morgan fingerprint density at radius 2 is 1.77 bits per heavy atom. The Balaban J connectivity index is 1.31. The number of halogens is 2. The summed E-state index contributed by atoms with van der Waals surface area (Å²) < 4.78 is 14.8. The van der Waals surface area contributed by atoms with E-state index in [1.54, 1.807) is 24.4 Å². The van der Waals surface area contributed by atoms with Crippen molar-refractivity contribution in [1.29, 1.82) is 0 Å². The molecule has 0 aliphatic carbocycles. The fourth-order valence-electron chi connectivity index (χ4n) is 5.38. The van der Waals surface area contributed by atoms with Gasteiger partial charge in [-0.05, 0) is 54.8 Å². The molecule has 4 aromatic rings. The predicted octanol–water partition coefficient (Wildman–Crippen LogP) is 6.00. The van der Waals surface area contributed by atoms with Crippen molar-refractivity contribution >= 4 is 23.2 Å². The summed E-state index contributed by atoms with van der Waals surface area (Å²) in [4.78, 5) is 29.3. The quantitative estimate of drug-likeness (QED) is 0.336. The number of aliphatic imine (C=N–C) groups is 1. The fraction of sp³-hybridized carbons (Fsp3) is 0.250. The number of carbonyl (C=O) groups excluding carboxylic acids is 1. The molecular formula is C32H29ClFN5O. The van der Waals surface area contributed by atoms with Gasteiger partial charge in [0.15, 0.2) is 0 Å². The van der Waals surface area contributed by atoms with E-state index in [2.05, 4.69) is 4.98 Å². The normalized spacial score (nSPS) is 16.0. The van der Waals surface area contributed by atoms with Crippen LogP contribution in [0, 0.1) is 5.82 Å². The van der Waals surface area contributed by atoms with Crippen molar-refractivity contribution in [1.82, 2.24) is 14.9 Å². The second kappa shape index (κ2) is 10.9. The number of aromatic nitrogens is 2. The second-order valence-electron chi connectivity index (χ2n) is 10.4. The van der Waals surface area contributed by atoms with Crippen LogP contribution in [0.1, 0.15) is 64.1 Å². The summed E-state index contributed by atoms with van der Waals surface area (Å²) in [5.74, 6) is 0.226. The number of hydrogen-bond donors (Lipinski definition) is 1. The summed E-state index contributed by atoms with van der Waals surface area (Å²) >= 11 is 6.39. The highest BCUT2D eigenvalue weighted by Gasteiger charge is 2.25. The van der Waals surface area contributed by atoms with Crippen LogP contribution in [0.25, 0.3) is 11.3 Å². The standard InChI is InChI=1S/C32H29ClFN5O/c1-19(20-6-8-21(9-7-20)32(40)39-14-12-24(35)13-15-39)31-37-18-22-17-36-30(26-4-2-3-5-28(26)34)27-16-23(33)10-11-25(27)29(22)38-31/h2-11,16,18-19,24H,12-15,17,35H2,1H3. The molecule has 0 saturated carbocycles. The molecule has 3 heterocycles. The molecule has 0 spiro atoms. The van der Waals surface area contributed by atoms with Gasteiger partial charge in [-0.1, -0.05) is 48.9 Å². The van der Waals surface area contributed by atoms with Crippen molar-refractivity contribution in [2.75, 3.05) is 13.1 Å². The number of piperidine rings is 1. The molecule has 8 heteroatoms. The Bertz CT molecular complexity index is 1610. The maximum absolute atomic E-state index is 14.8. The summed E-state index contributed by atoms with van der Waals surface area (Å²) in [5.41, 5.74) is 11.8. The number of likely N-dealkylation sites (tertiary alicyclic amines) is 1. The molecule has 6 nitrogen and oxygen atoms in total. The van der Waals surface area contributed by atoms with E-state index in [1.807, 2.05) is 54.3 Å². The maximum atomic E-state index is 14.8. The molecule has 202 valence electrons. The first-order chi connectivity index (χ1) is 19.4. The summed E-state index contributed by atoms with van der Waals surface area (Å²) in [5, 5.41) is 0.538. The molecule has 2 N–H and O–H groups in total. The molecule has 1 unspecified atom stereocenters. The van der Waals surface area contributed by atoms with Crippen LogP contribution in [0.3, 0.4) is 0 Å². The van der Waals surface area contributed by atoms with Crippen LogP contribution in [-0.4, -0.2) is 45.6 Å². The topological polar surface area (TPSA) is 84.5 Å². The number of carbonyl (C=O) groups is 1. The van der Waals surface area contributed by atoms with Crippen molar-refractivity contribution in [3.63, 3.8) is 0 Å². The molecular weight excluding hydrogens is 525 g/mol. The monoisotopic (exact) mass is 553 g/mol. The molecule has 1 saturated heterocycles. The molecule has 6 rings (SSSR count). The SMILES string of the molecule is CC(c1ccc(C(=O)N2CCC(N)CC2)cc1)c1ncc2c(n1)-c1ccc(Cl)cc1C(c1ccccc1F)=NC2. The van der Waals surface area contributed by atoms with Gasteiger partial charge in [0.2, 0.25) is 0 Å². The van der Waals surface area contributed by atoms with E-state index in [-0.39, 0.29) is 23.7 Å². The molecule has 1 aromatic heterocycles. The summed E-state index contributed by atoms with van der Waals surface area (Å²) in [6.07, 6.45) is 3.47.